The minimum absolute atomic E-state index is 0.118. The second-order valence-electron chi connectivity index (χ2n) is 11.0. The van der Waals surface area contributed by atoms with Crippen molar-refractivity contribution in [1.82, 2.24) is 19.8 Å². The van der Waals surface area contributed by atoms with Gasteiger partial charge in [-0.15, -0.1) is 0 Å². The third kappa shape index (κ3) is 7.49. The summed E-state index contributed by atoms with van der Waals surface area (Å²) in [4.78, 5) is 26.7. The summed E-state index contributed by atoms with van der Waals surface area (Å²) < 4.78 is 0. The Morgan fingerprint density at radius 3 is 2.49 bits per heavy atom. The number of aryl methyl sites for hydroxylation is 3. The molecule has 0 radical (unpaired) electrons. The van der Waals surface area contributed by atoms with E-state index >= 15 is 0 Å². The van der Waals surface area contributed by atoms with Crippen LogP contribution in [0, 0.1) is 12.8 Å². The Labute approximate surface area is 221 Å². The van der Waals surface area contributed by atoms with Crippen molar-refractivity contribution in [2.24, 2.45) is 11.7 Å². The van der Waals surface area contributed by atoms with Gasteiger partial charge in [-0.2, -0.15) is 0 Å². The number of carbonyl (C=O) groups excluding carboxylic acids is 1. The zero-order valence-electron chi connectivity index (χ0n) is 22.8. The summed E-state index contributed by atoms with van der Waals surface area (Å²) in [6.45, 7) is 9.44. The molecule has 1 saturated heterocycles. The van der Waals surface area contributed by atoms with E-state index in [1.807, 2.05) is 6.92 Å². The van der Waals surface area contributed by atoms with Crippen LogP contribution < -0.4 is 11.1 Å². The molecule has 0 atom stereocenters. The number of likely N-dealkylation sites (N-methyl/N-ethyl adjacent to an activating group) is 1. The summed E-state index contributed by atoms with van der Waals surface area (Å²) in [6, 6.07) is 6.42. The molecule has 8 heteroatoms. The van der Waals surface area contributed by atoms with E-state index in [1.165, 1.54) is 5.56 Å². The van der Waals surface area contributed by atoms with Gasteiger partial charge in [0.15, 0.2) is 11.5 Å². The molecule has 2 heterocycles. The van der Waals surface area contributed by atoms with Gasteiger partial charge in [0.2, 0.25) is 0 Å². The van der Waals surface area contributed by atoms with Crippen LogP contribution in [0.4, 0.5) is 11.5 Å². The van der Waals surface area contributed by atoms with Crippen LogP contribution in [0.25, 0.3) is 0 Å². The van der Waals surface area contributed by atoms with E-state index in [0.717, 1.165) is 100 Å². The van der Waals surface area contributed by atoms with Crippen molar-refractivity contribution in [3.8, 4) is 0 Å². The zero-order chi connectivity index (χ0) is 26.4. The second kappa shape index (κ2) is 12.8. The maximum absolute atomic E-state index is 12.3. The van der Waals surface area contributed by atoms with Crippen LogP contribution in [-0.4, -0.2) is 70.1 Å². The number of anilines is 2. The number of rotatable bonds is 10. The fourth-order valence-corrected chi connectivity index (χ4v) is 5.59. The van der Waals surface area contributed by atoms with Gasteiger partial charge in [-0.25, -0.2) is 9.97 Å². The molecule has 2 aliphatic rings. The van der Waals surface area contributed by atoms with Gasteiger partial charge in [0.25, 0.3) is 5.91 Å². The number of nitrogens with zero attached hydrogens (tertiary/aromatic N) is 4. The molecule has 1 aliphatic carbocycles. The topological polar surface area (TPSA) is 108 Å². The summed E-state index contributed by atoms with van der Waals surface area (Å²) in [5, 5.41) is 13.1. The maximum atomic E-state index is 12.3. The number of hydrogen-bond acceptors (Lipinski definition) is 7. The van der Waals surface area contributed by atoms with E-state index < -0.39 is 5.91 Å². The summed E-state index contributed by atoms with van der Waals surface area (Å²) in [7, 11) is 2.17. The van der Waals surface area contributed by atoms with Gasteiger partial charge in [-0.1, -0.05) is 25.5 Å². The normalized spacial score (nSPS) is 21.2. The Bertz CT molecular complexity index is 1060. The van der Waals surface area contributed by atoms with Crippen LogP contribution >= 0.6 is 0 Å². The Kier molecular flexibility index (Phi) is 9.51. The Balaban J connectivity index is 1.46. The first kappa shape index (κ1) is 27.5. The lowest BCUT2D eigenvalue weighted by Crippen LogP contribution is -2.43. The van der Waals surface area contributed by atoms with Crippen molar-refractivity contribution in [2.45, 2.75) is 77.9 Å². The molecule has 0 unspecified atom stereocenters. The van der Waals surface area contributed by atoms with Crippen LogP contribution in [0.3, 0.4) is 0 Å². The highest BCUT2D eigenvalue weighted by Crippen LogP contribution is 2.29. The fraction of sp³-hybridized carbons (Fsp3) is 0.621. The molecule has 1 aromatic carbocycles. The molecule has 1 amide bonds. The average molecular weight is 509 g/mol. The van der Waals surface area contributed by atoms with Crippen LogP contribution in [-0.2, 0) is 19.4 Å². The molecule has 2 aromatic rings. The Hall–Kier alpha value is -2.55. The molecule has 8 nitrogen and oxygen atoms in total. The molecule has 1 saturated carbocycles. The summed E-state index contributed by atoms with van der Waals surface area (Å²) in [5.74, 6) is 0.549. The summed E-state index contributed by atoms with van der Waals surface area (Å²) in [5.41, 5.74) is 11.0. The molecular formula is C29H44N6O2. The van der Waals surface area contributed by atoms with Gasteiger partial charge in [-0.3, -0.25) is 9.69 Å². The Morgan fingerprint density at radius 1 is 1.11 bits per heavy atom. The van der Waals surface area contributed by atoms with E-state index in [2.05, 4.69) is 52.3 Å². The lowest BCUT2D eigenvalue weighted by atomic mass is 9.84. The van der Waals surface area contributed by atoms with Crippen LogP contribution in [0.1, 0.15) is 78.5 Å². The molecule has 2 fully saturated rings. The Morgan fingerprint density at radius 2 is 1.84 bits per heavy atom. The van der Waals surface area contributed by atoms with Gasteiger partial charge < -0.3 is 21.1 Å². The van der Waals surface area contributed by atoms with Gasteiger partial charge in [0, 0.05) is 38.4 Å². The fourth-order valence-electron chi connectivity index (χ4n) is 5.59. The maximum Gasteiger partial charge on any atom is 0.271 e. The quantitative estimate of drug-likeness (QED) is 0.448. The van der Waals surface area contributed by atoms with Crippen molar-refractivity contribution < 1.29 is 9.90 Å². The van der Waals surface area contributed by atoms with E-state index in [-0.39, 0.29) is 11.8 Å². The summed E-state index contributed by atoms with van der Waals surface area (Å²) in [6.07, 6.45) is 7.61. The predicted molar refractivity (Wildman–Crippen MR) is 148 cm³/mol. The molecular weight excluding hydrogens is 464 g/mol. The standard InChI is InChI=1S/C29H44N6O2/c1-4-24-26(7-5-6-21-8-11-23(36)12-9-21)33-29(27(31-24)28(30)37)32-25-13-10-22(18-20(25)2)19-35-16-14-34(3)15-17-35/h10,13,18,21,23,36H,4-9,11-12,14-17,19H2,1-3H3,(H2,30,37)(H,32,33). The van der Waals surface area contributed by atoms with Crippen molar-refractivity contribution in [2.75, 3.05) is 38.5 Å². The first-order valence-electron chi connectivity index (χ1n) is 14.0. The lowest BCUT2D eigenvalue weighted by molar-refractivity contribution is 0.0995. The number of primary amides is 1. The molecule has 4 N–H and O–H groups in total. The number of aromatic nitrogens is 2. The van der Waals surface area contributed by atoms with Gasteiger partial charge in [-0.05, 0) is 82.0 Å². The number of nitrogens with two attached hydrogens (primary N) is 1. The highest BCUT2D eigenvalue weighted by Gasteiger charge is 2.21. The molecule has 1 aliphatic heterocycles. The lowest BCUT2D eigenvalue weighted by Gasteiger charge is -2.32. The van der Waals surface area contributed by atoms with E-state index in [4.69, 9.17) is 10.7 Å². The van der Waals surface area contributed by atoms with Gasteiger partial charge in [0.05, 0.1) is 17.5 Å². The molecule has 1 aromatic heterocycles. The highest BCUT2D eigenvalue weighted by molar-refractivity contribution is 5.96. The smallest absolute Gasteiger partial charge is 0.271 e. The van der Waals surface area contributed by atoms with Crippen LogP contribution in [0.5, 0.6) is 0 Å². The first-order valence-corrected chi connectivity index (χ1v) is 14.0. The highest BCUT2D eigenvalue weighted by atomic mass is 16.3. The third-order valence-corrected chi connectivity index (χ3v) is 8.01. The minimum atomic E-state index is -0.568. The molecule has 0 spiro atoms. The largest absolute Gasteiger partial charge is 0.393 e. The number of aliphatic hydroxyl groups is 1. The molecule has 202 valence electrons. The van der Waals surface area contributed by atoms with Crippen LogP contribution in [0.15, 0.2) is 18.2 Å². The third-order valence-electron chi connectivity index (χ3n) is 8.01. The van der Waals surface area contributed by atoms with Crippen molar-refractivity contribution in [3.63, 3.8) is 0 Å². The van der Waals surface area contributed by atoms with Crippen LogP contribution in [0.2, 0.25) is 0 Å². The molecule has 0 bridgehead atoms. The van der Waals surface area contributed by atoms with Crippen molar-refractivity contribution in [3.05, 3.63) is 46.4 Å². The van der Waals surface area contributed by atoms with Crippen molar-refractivity contribution >= 4 is 17.4 Å². The number of carbonyl (C=O) groups is 1. The van der Waals surface area contributed by atoms with Gasteiger partial charge in [0.1, 0.15) is 0 Å². The summed E-state index contributed by atoms with van der Waals surface area (Å²) >= 11 is 0. The van der Waals surface area contributed by atoms with E-state index in [0.29, 0.717) is 18.2 Å². The number of piperazine rings is 1. The van der Waals surface area contributed by atoms with E-state index in [1.54, 1.807) is 0 Å². The number of nitrogens with one attached hydrogen (secondary N) is 1. The van der Waals surface area contributed by atoms with Crippen molar-refractivity contribution in [1.29, 1.82) is 0 Å². The monoisotopic (exact) mass is 508 g/mol. The molecule has 4 rings (SSSR count). The van der Waals surface area contributed by atoms with E-state index in [9.17, 15) is 9.90 Å². The number of amides is 1. The van der Waals surface area contributed by atoms with Gasteiger partial charge >= 0.3 is 0 Å². The number of benzene rings is 1. The second-order valence-corrected chi connectivity index (χ2v) is 11.0. The average Bonchev–Trinajstić information content (AvgIpc) is 2.88. The molecule has 37 heavy (non-hydrogen) atoms. The zero-order valence-corrected chi connectivity index (χ0v) is 22.8. The first-order chi connectivity index (χ1) is 17.8. The SMILES string of the molecule is CCc1nc(C(N)=O)c(Nc2ccc(CN3CCN(C)CC3)cc2C)nc1CCCC1CCC(O)CC1. The minimum Gasteiger partial charge on any atom is -0.393 e. The number of aliphatic hydroxyl groups excluding tert-OH is 1. The predicted octanol–water partition coefficient (Wildman–Crippen LogP) is 3.81. The number of hydrogen-bond donors (Lipinski definition) is 3.